The molecule has 0 aliphatic heterocycles. The second-order valence-corrected chi connectivity index (χ2v) is 3.20. The molecule has 0 amide bonds. The van der Waals surface area contributed by atoms with E-state index in [0.717, 1.165) is 30.7 Å². The molecule has 2 radical (unpaired) electrons. The Hall–Kier alpha value is -0.354. The van der Waals surface area contributed by atoms with Crippen molar-refractivity contribution >= 4 is 22.7 Å². The van der Waals surface area contributed by atoms with Crippen LogP contribution in [-0.4, -0.2) is 18.6 Å². The zero-order valence-electron chi connectivity index (χ0n) is 4.87. The van der Waals surface area contributed by atoms with Crippen molar-refractivity contribution in [2.75, 3.05) is 0 Å². The fourth-order valence-corrected chi connectivity index (χ4v) is 1.19. The normalized spacial score (nSPS) is 9.90. The second kappa shape index (κ2) is 2.71. The van der Waals surface area contributed by atoms with Crippen LogP contribution in [0.5, 0.6) is 0 Å². The molecule has 0 saturated carbocycles. The molecule has 0 nitrogen and oxygen atoms in total. The summed E-state index contributed by atoms with van der Waals surface area (Å²) in [5, 5.41) is 0. The standard InChI is InChI=1S/C6H2F3.Ga/c7-4-2-1-3-5(8)6(4)9;/h2-3H;. The van der Waals surface area contributed by atoms with Gasteiger partial charge in [-0.05, 0) is 0 Å². The third-order valence-electron chi connectivity index (χ3n) is 1.01. The van der Waals surface area contributed by atoms with E-state index in [9.17, 15) is 13.2 Å². The first-order valence-electron chi connectivity index (χ1n) is 2.51. The van der Waals surface area contributed by atoms with Gasteiger partial charge in [0, 0.05) is 0 Å². The van der Waals surface area contributed by atoms with Crippen LogP contribution in [-0.2, 0) is 0 Å². The van der Waals surface area contributed by atoms with E-state index in [1.807, 2.05) is 0 Å². The van der Waals surface area contributed by atoms with Gasteiger partial charge in [0.2, 0.25) is 0 Å². The Morgan fingerprint density at radius 2 is 1.40 bits per heavy atom. The Balaban J connectivity index is 3.31. The zero-order chi connectivity index (χ0) is 7.72. The molecule has 0 bridgehead atoms. The first-order chi connectivity index (χ1) is 4.61. The van der Waals surface area contributed by atoms with E-state index in [1.165, 1.54) is 0 Å². The predicted molar refractivity (Wildman–Crippen MR) is 31.7 cm³/mol. The third-order valence-corrected chi connectivity index (χ3v) is 1.71. The van der Waals surface area contributed by atoms with Crippen LogP contribution in [0.1, 0.15) is 0 Å². The Bertz CT molecular complexity index is 236. The molecule has 0 heterocycles. The summed E-state index contributed by atoms with van der Waals surface area (Å²) in [6.07, 6.45) is 0. The molecule has 0 N–H and O–H groups in total. The topological polar surface area (TPSA) is 0 Å². The third kappa shape index (κ3) is 1.38. The van der Waals surface area contributed by atoms with E-state index in [-0.39, 0.29) is 0 Å². The minimum absolute atomic E-state index is 0.434. The molecule has 0 unspecified atom stereocenters. The van der Waals surface area contributed by atoms with Gasteiger partial charge in [-0.15, -0.1) is 0 Å². The van der Waals surface area contributed by atoms with Gasteiger partial charge in [0.1, 0.15) is 0 Å². The van der Waals surface area contributed by atoms with E-state index in [4.69, 9.17) is 0 Å². The van der Waals surface area contributed by atoms with Crippen molar-refractivity contribution in [3.05, 3.63) is 29.6 Å². The molecule has 1 aromatic rings. The fourth-order valence-electron chi connectivity index (χ4n) is 0.575. The Labute approximate surface area is 66.0 Å². The van der Waals surface area contributed by atoms with Crippen LogP contribution in [0.25, 0.3) is 0 Å². The van der Waals surface area contributed by atoms with Crippen LogP contribution < -0.4 is 4.12 Å². The molecular weight excluding hydrogens is 199 g/mol. The van der Waals surface area contributed by atoms with Gasteiger partial charge in [-0.1, -0.05) is 0 Å². The van der Waals surface area contributed by atoms with Crippen molar-refractivity contribution < 1.29 is 13.2 Å². The van der Waals surface area contributed by atoms with Gasteiger partial charge >= 0.3 is 65.5 Å². The van der Waals surface area contributed by atoms with E-state index >= 15 is 0 Å². The second-order valence-electron chi connectivity index (χ2n) is 1.80. The Kier molecular flexibility index (Phi) is 2.10. The van der Waals surface area contributed by atoms with Crippen LogP contribution in [0, 0.1) is 17.5 Å². The molecule has 0 atom stereocenters. The van der Waals surface area contributed by atoms with Gasteiger partial charge in [-0.25, -0.2) is 0 Å². The van der Waals surface area contributed by atoms with E-state index in [1.54, 1.807) is 0 Å². The monoisotopic (exact) mass is 200 g/mol. The summed E-state index contributed by atoms with van der Waals surface area (Å²) >= 11 is 1.06. The van der Waals surface area contributed by atoms with Crippen LogP contribution >= 0.6 is 0 Å². The number of halogens is 3. The maximum atomic E-state index is 12.2. The van der Waals surface area contributed by atoms with Crippen LogP contribution in [0.2, 0.25) is 0 Å². The summed E-state index contributed by atoms with van der Waals surface area (Å²) in [7, 11) is 0. The van der Waals surface area contributed by atoms with E-state index < -0.39 is 17.5 Å². The number of rotatable bonds is 0. The molecule has 4 heteroatoms. The number of hydrogen-bond acceptors (Lipinski definition) is 0. The van der Waals surface area contributed by atoms with Gasteiger partial charge in [-0.2, -0.15) is 0 Å². The van der Waals surface area contributed by atoms with Crippen molar-refractivity contribution in [2.24, 2.45) is 0 Å². The van der Waals surface area contributed by atoms with Gasteiger partial charge < -0.3 is 0 Å². The molecular formula is C6H2F3Ga. The quantitative estimate of drug-likeness (QED) is 0.431. The van der Waals surface area contributed by atoms with Crippen molar-refractivity contribution in [2.45, 2.75) is 0 Å². The molecule has 10 heavy (non-hydrogen) atoms. The SMILES string of the molecule is Fc1c[c]([Ga])cc(F)c1F. The first-order valence-corrected chi connectivity index (χ1v) is 3.72. The van der Waals surface area contributed by atoms with Crippen molar-refractivity contribution in [3.8, 4) is 0 Å². The van der Waals surface area contributed by atoms with Crippen molar-refractivity contribution in [3.63, 3.8) is 0 Å². The zero-order valence-corrected chi connectivity index (χ0v) is 7.29. The van der Waals surface area contributed by atoms with Gasteiger partial charge in [0.05, 0.1) is 0 Å². The molecule has 0 fully saturated rings. The maximum absolute atomic E-state index is 12.2. The number of benzene rings is 1. The molecule has 1 rings (SSSR count). The molecule has 1 aromatic carbocycles. The summed E-state index contributed by atoms with van der Waals surface area (Å²) in [6, 6.07) is 1.94. The van der Waals surface area contributed by atoms with Crippen molar-refractivity contribution in [1.82, 2.24) is 0 Å². The average molecular weight is 201 g/mol. The van der Waals surface area contributed by atoms with Crippen LogP contribution in [0.15, 0.2) is 12.1 Å². The Morgan fingerprint density at radius 3 is 1.80 bits per heavy atom. The molecule has 0 spiro atoms. The number of hydrogen-bond donors (Lipinski definition) is 0. The fraction of sp³-hybridized carbons (Fsp3) is 0. The summed E-state index contributed by atoms with van der Waals surface area (Å²) in [6.45, 7) is 0. The van der Waals surface area contributed by atoms with Gasteiger partial charge in [-0.3, -0.25) is 0 Å². The summed E-state index contributed by atoms with van der Waals surface area (Å²) in [4.78, 5) is 0. The molecule has 0 saturated heterocycles. The molecule has 0 aromatic heterocycles. The van der Waals surface area contributed by atoms with Crippen molar-refractivity contribution in [1.29, 1.82) is 0 Å². The average Bonchev–Trinajstić information content (AvgIpc) is 1.82. The van der Waals surface area contributed by atoms with E-state index in [0.29, 0.717) is 4.12 Å². The Morgan fingerprint density at radius 1 is 1.00 bits per heavy atom. The van der Waals surface area contributed by atoms with Gasteiger partial charge in [0.25, 0.3) is 0 Å². The van der Waals surface area contributed by atoms with Crippen LogP contribution in [0.3, 0.4) is 0 Å². The van der Waals surface area contributed by atoms with E-state index in [2.05, 4.69) is 0 Å². The van der Waals surface area contributed by atoms with Gasteiger partial charge in [0.15, 0.2) is 0 Å². The van der Waals surface area contributed by atoms with Crippen LogP contribution in [0.4, 0.5) is 13.2 Å². The molecule has 50 valence electrons. The minimum atomic E-state index is -1.40. The summed E-state index contributed by atoms with van der Waals surface area (Å²) < 4.78 is 37.1. The predicted octanol–water partition coefficient (Wildman–Crippen LogP) is 0.898. The summed E-state index contributed by atoms with van der Waals surface area (Å²) in [5.41, 5.74) is 0. The first kappa shape index (κ1) is 7.75. The molecule has 0 aliphatic rings. The molecule has 0 aliphatic carbocycles. The summed E-state index contributed by atoms with van der Waals surface area (Å²) in [5.74, 6) is -3.65.